The van der Waals surface area contributed by atoms with Gasteiger partial charge in [0, 0.05) is 44.5 Å². The van der Waals surface area contributed by atoms with E-state index in [4.69, 9.17) is 9.73 Å². The topological polar surface area (TPSA) is 57.9 Å². The fraction of sp³-hybridized carbons (Fsp3) is 0.800. The third-order valence-corrected chi connectivity index (χ3v) is 5.35. The summed E-state index contributed by atoms with van der Waals surface area (Å²) in [7, 11) is 1.94. The molecule has 8 heteroatoms. The van der Waals surface area contributed by atoms with Crippen molar-refractivity contribution in [2.24, 2.45) is 18.0 Å². The fourth-order valence-electron chi connectivity index (χ4n) is 4.08. The van der Waals surface area contributed by atoms with Crippen LogP contribution in [0.4, 0.5) is 0 Å². The third kappa shape index (κ3) is 6.32. The molecule has 2 saturated heterocycles. The normalized spacial score (nSPS) is 23.9. The van der Waals surface area contributed by atoms with Crippen LogP contribution in [0.3, 0.4) is 0 Å². The highest BCUT2D eigenvalue weighted by molar-refractivity contribution is 14.0. The van der Waals surface area contributed by atoms with Gasteiger partial charge in [0.25, 0.3) is 0 Å². The standard InChI is InChI=1S/C20H36N6O.HI/c1-5-21-20(22-12-18-7-6-8-25(18)13-16(2)3)26-9-10-27-19(15-26)17-11-23-24(4)14-17;/h11,14,16,18-19H,5-10,12-13,15H2,1-4H3,(H,21,22);1H/t18-,19?;/m1./s1. The maximum absolute atomic E-state index is 5.99. The van der Waals surface area contributed by atoms with Gasteiger partial charge in [-0.3, -0.25) is 14.6 Å². The van der Waals surface area contributed by atoms with Crippen LogP contribution in [0.25, 0.3) is 0 Å². The minimum absolute atomic E-state index is 0. The molecule has 3 heterocycles. The zero-order valence-corrected chi connectivity index (χ0v) is 20.1. The molecule has 0 amide bonds. The van der Waals surface area contributed by atoms with E-state index >= 15 is 0 Å². The summed E-state index contributed by atoms with van der Waals surface area (Å²) in [5, 5.41) is 7.78. The van der Waals surface area contributed by atoms with Crippen molar-refractivity contribution in [3.63, 3.8) is 0 Å². The first-order valence-electron chi connectivity index (χ1n) is 10.4. The van der Waals surface area contributed by atoms with Crippen molar-refractivity contribution in [3.8, 4) is 0 Å². The first-order chi connectivity index (χ1) is 13.1. The Labute approximate surface area is 186 Å². The first kappa shape index (κ1) is 23.4. The molecule has 1 N–H and O–H groups in total. The maximum Gasteiger partial charge on any atom is 0.194 e. The van der Waals surface area contributed by atoms with Gasteiger partial charge in [-0.15, -0.1) is 24.0 Å². The molecule has 2 aliphatic rings. The number of likely N-dealkylation sites (tertiary alicyclic amines) is 1. The summed E-state index contributed by atoms with van der Waals surface area (Å²) in [5.74, 6) is 1.73. The monoisotopic (exact) mass is 504 g/mol. The van der Waals surface area contributed by atoms with Crippen molar-refractivity contribution in [2.45, 2.75) is 45.8 Å². The smallest absolute Gasteiger partial charge is 0.194 e. The molecule has 3 rings (SSSR count). The second kappa shape index (κ2) is 11.3. The second-order valence-corrected chi connectivity index (χ2v) is 8.13. The average Bonchev–Trinajstić information content (AvgIpc) is 3.27. The van der Waals surface area contributed by atoms with Gasteiger partial charge in [-0.05, 0) is 32.2 Å². The highest BCUT2D eigenvalue weighted by Crippen LogP contribution is 2.22. The summed E-state index contributed by atoms with van der Waals surface area (Å²) in [6.07, 6.45) is 6.56. The number of nitrogens with one attached hydrogen (secondary N) is 1. The number of nitrogens with zero attached hydrogens (tertiary/aromatic N) is 5. The first-order valence-corrected chi connectivity index (χ1v) is 10.4. The molecule has 1 unspecified atom stereocenters. The molecule has 0 spiro atoms. The zero-order chi connectivity index (χ0) is 19.2. The zero-order valence-electron chi connectivity index (χ0n) is 17.8. The van der Waals surface area contributed by atoms with Crippen LogP contribution >= 0.6 is 24.0 Å². The Bertz CT molecular complexity index is 620. The van der Waals surface area contributed by atoms with Gasteiger partial charge < -0.3 is 15.0 Å². The van der Waals surface area contributed by atoms with Crippen molar-refractivity contribution < 1.29 is 4.74 Å². The lowest BCUT2D eigenvalue weighted by molar-refractivity contribution is -0.00807. The lowest BCUT2D eigenvalue weighted by Gasteiger charge is -2.35. The van der Waals surface area contributed by atoms with Gasteiger partial charge in [-0.25, -0.2) is 0 Å². The summed E-state index contributed by atoms with van der Waals surface area (Å²) < 4.78 is 7.82. The van der Waals surface area contributed by atoms with Gasteiger partial charge in [-0.1, -0.05) is 13.8 Å². The summed E-state index contributed by atoms with van der Waals surface area (Å²) >= 11 is 0. The number of ether oxygens (including phenoxy) is 1. The van der Waals surface area contributed by atoms with Gasteiger partial charge in [-0.2, -0.15) is 5.10 Å². The molecule has 0 saturated carbocycles. The largest absolute Gasteiger partial charge is 0.370 e. The van der Waals surface area contributed by atoms with Crippen molar-refractivity contribution in [3.05, 3.63) is 18.0 Å². The fourth-order valence-corrected chi connectivity index (χ4v) is 4.08. The van der Waals surface area contributed by atoms with Crippen LogP contribution in [-0.2, 0) is 11.8 Å². The van der Waals surface area contributed by atoms with E-state index in [0.717, 1.165) is 37.7 Å². The van der Waals surface area contributed by atoms with E-state index in [0.29, 0.717) is 18.6 Å². The number of aromatic nitrogens is 2. The SMILES string of the molecule is CCNC(=NC[C@H]1CCCN1CC(C)C)N1CCOC(c2cnn(C)c2)C1.I. The van der Waals surface area contributed by atoms with E-state index < -0.39 is 0 Å². The van der Waals surface area contributed by atoms with Crippen molar-refractivity contribution in [2.75, 3.05) is 45.9 Å². The number of aryl methyl sites for hydroxylation is 1. The molecule has 1 aromatic rings. The van der Waals surface area contributed by atoms with Crippen molar-refractivity contribution in [1.29, 1.82) is 0 Å². The molecule has 0 aliphatic carbocycles. The van der Waals surface area contributed by atoms with Crippen molar-refractivity contribution >= 4 is 29.9 Å². The molecule has 7 nitrogen and oxygen atoms in total. The Morgan fingerprint density at radius 2 is 2.21 bits per heavy atom. The molecule has 0 aromatic carbocycles. The van der Waals surface area contributed by atoms with Crippen LogP contribution in [0.1, 0.15) is 45.3 Å². The molecule has 160 valence electrons. The van der Waals surface area contributed by atoms with Crippen LogP contribution in [0, 0.1) is 5.92 Å². The molecule has 1 aromatic heterocycles. The van der Waals surface area contributed by atoms with Crippen LogP contribution < -0.4 is 5.32 Å². The lowest BCUT2D eigenvalue weighted by Crippen LogP contribution is -2.48. The molecule has 28 heavy (non-hydrogen) atoms. The molecule has 0 bridgehead atoms. The third-order valence-electron chi connectivity index (χ3n) is 5.35. The predicted octanol–water partition coefficient (Wildman–Crippen LogP) is 2.50. The average molecular weight is 504 g/mol. The van der Waals surface area contributed by atoms with Crippen LogP contribution in [0.15, 0.2) is 17.4 Å². The minimum atomic E-state index is 0. The predicted molar refractivity (Wildman–Crippen MR) is 124 cm³/mol. The van der Waals surface area contributed by atoms with Gasteiger partial charge in [0.05, 0.1) is 25.9 Å². The van der Waals surface area contributed by atoms with Gasteiger partial charge in [0.15, 0.2) is 5.96 Å². The van der Waals surface area contributed by atoms with E-state index in [1.165, 1.54) is 25.9 Å². The highest BCUT2D eigenvalue weighted by atomic mass is 127. The van der Waals surface area contributed by atoms with Gasteiger partial charge >= 0.3 is 0 Å². The Morgan fingerprint density at radius 1 is 1.39 bits per heavy atom. The summed E-state index contributed by atoms with van der Waals surface area (Å²) in [6.45, 7) is 13.3. The molecule has 0 radical (unpaired) electrons. The highest BCUT2D eigenvalue weighted by Gasteiger charge is 2.27. The number of hydrogen-bond acceptors (Lipinski definition) is 4. The Balaban J connectivity index is 0.00000280. The molecule has 2 aliphatic heterocycles. The van der Waals surface area contributed by atoms with Gasteiger partial charge in [0.1, 0.15) is 6.10 Å². The molecular formula is C20H37IN6O. The van der Waals surface area contributed by atoms with Crippen LogP contribution in [-0.4, -0.2) is 77.5 Å². The molecule has 2 atom stereocenters. The maximum atomic E-state index is 5.99. The van der Waals surface area contributed by atoms with E-state index in [-0.39, 0.29) is 30.1 Å². The Morgan fingerprint density at radius 3 is 2.89 bits per heavy atom. The molecular weight excluding hydrogens is 467 g/mol. The van der Waals surface area contributed by atoms with E-state index in [9.17, 15) is 0 Å². The van der Waals surface area contributed by atoms with E-state index in [2.05, 4.69) is 41.0 Å². The summed E-state index contributed by atoms with van der Waals surface area (Å²) in [5.41, 5.74) is 1.14. The number of rotatable bonds is 6. The van der Waals surface area contributed by atoms with Crippen LogP contribution in [0.5, 0.6) is 0 Å². The number of aliphatic imine (C=N–C) groups is 1. The number of guanidine groups is 1. The van der Waals surface area contributed by atoms with Crippen molar-refractivity contribution in [1.82, 2.24) is 24.9 Å². The Kier molecular flexibility index (Phi) is 9.49. The summed E-state index contributed by atoms with van der Waals surface area (Å²) in [4.78, 5) is 9.98. The van der Waals surface area contributed by atoms with E-state index in [1.807, 2.05) is 24.1 Å². The van der Waals surface area contributed by atoms with Crippen LogP contribution in [0.2, 0.25) is 0 Å². The lowest BCUT2D eigenvalue weighted by atomic mass is 10.1. The summed E-state index contributed by atoms with van der Waals surface area (Å²) in [6, 6.07) is 0.580. The number of hydrogen-bond donors (Lipinski definition) is 1. The van der Waals surface area contributed by atoms with E-state index in [1.54, 1.807) is 0 Å². The van der Waals surface area contributed by atoms with Gasteiger partial charge in [0.2, 0.25) is 0 Å². The minimum Gasteiger partial charge on any atom is -0.370 e. The second-order valence-electron chi connectivity index (χ2n) is 8.13. The number of halogens is 1. The number of morpholine rings is 1. The Hall–Kier alpha value is -0.870. The quantitative estimate of drug-likeness (QED) is 0.367. The molecule has 2 fully saturated rings.